The van der Waals surface area contributed by atoms with Crippen LogP contribution in [0.25, 0.3) is 0 Å². The summed E-state index contributed by atoms with van der Waals surface area (Å²) in [4.78, 5) is 10.7. The summed E-state index contributed by atoms with van der Waals surface area (Å²) >= 11 is 0. The van der Waals surface area contributed by atoms with E-state index in [1.165, 1.54) is 24.8 Å². The number of hydrogen-bond donors (Lipinski definition) is 0. The van der Waals surface area contributed by atoms with Crippen LogP contribution in [-0.2, 0) is 6.42 Å². The van der Waals surface area contributed by atoms with Gasteiger partial charge in [-0.05, 0) is 18.4 Å². The number of carbonyl (C=O) groups excluding carboxylic acids is 1. The van der Waals surface area contributed by atoms with Crippen molar-refractivity contribution in [1.29, 1.82) is 0 Å². The van der Waals surface area contributed by atoms with Crippen molar-refractivity contribution in [1.82, 2.24) is 0 Å². The minimum Gasteiger partial charge on any atom is -0.298 e. The Kier molecular flexibility index (Phi) is 4.24. The van der Waals surface area contributed by atoms with Crippen molar-refractivity contribution in [2.45, 2.75) is 32.6 Å². The Morgan fingerprint density at radius 3 is 2.69 bits per heavy atom. The first-order chi connectivity index (χ1) is 6.38. The lowest BCUT2D eigenvalue weighted by atomic mass is 10.0. The van der Waals surface area contributed by atoms with E-state index in [-0.39, 0.29) is 0 Å². The van der Waals surface area contributed by atoms with Gasteiger partial charge in [-0.3, -0.25) is 4.79 Å². The highest BCUT2D eigenvalue weighted by molar-refractivity contribution is 5.77. The molecule has 0 radical (unpaired) electrons. The van der Waals surface area contributed by atoms with Crippen LogP contribution in [0.5, 0.6) is 0 Å². The maximum Gasteiger partial charge on any atom is 0.150 e. The monoisotopic (exact) mass is 176 g/mol. The Morgan fingerprint density at radius 2 is 2.00 bits per heavy atom. The van der Waals surface area contributed by atoms with Crippen molar-refractivity contribution in [3.8, 4) is 0 Å². The fraction of sp³-hybridized carbons (Fsp3) is 0.417. The first kappa shape index (κ1) is 9.97. The van der Waals surface area contributed by atoms with Gasteiger partial charge in [0.05, 0.1) is 0 Å². The van der Waals surface area contributed by atoms with Gasteiger partial charge in [-0.1, -0.05) is 44.0 Å². The fourth-order valence-electron chi connectivity index (χ4n) is 1.44. The molecule has 1 heteroatoms. The molecule has 1 aromatic rings. The number of benzene rings is 1. The topological polar surface area (TPSA) is 17.1 Å². The summed E-state index contributed by atoms with van der Waals surface area (Å²) in [5.74, 6) is 0. The molecule has 1 nitrogen and oxygen atoms in total. The molecule has 0 saturated heterocycles. The van der Waals surface area contributed by atoms with Crippen LogP contribution in [0.4, 0.5) is 0 Å². The average molecular weight is 176 g/mol. The molecule has 0 bridgehead atoms. The van der Waals surface area contributed by atoms with Gasteiger partial charge in [0, 0.05) is 5.56 Å². The van der Waals surface area contributed by atoms with Crippen molar-refractivity contribution >= 4 is 6.29 Å². The lowest BCUT2D eigenvalue weighted by Gasteiger charge is -2.02. The molecule has 0 atom stereocenters. The second-order valence-electron chi connectivity index (χ2n) is 3.27. The molecule has 0 spiro atoms. The predicted octanol–water partition coefficient (Wildman–Crippen LogP) is 3.23. The fourth-order valence-corrected chi connectivity index (χ4v) is 1.44. The molecule has 0 aliphatic carbocycles. The maximum absolute atomic E-state index is 10.7. The molecule has 1 rings (SSSR count). The number of aryl methyl sites for hydroxylation is 1. The highest BCUT2D eigenvalue weighted by Crippen LogP contribution is 2.10. The van der Waals surface area contributed by atoms with Crippen LogP contribution in [0.15, 0.2) is 24.3 Å². The van der Waals surface area contributed by atoms with Crippen LogP contribution in [0, 0.1) is 0 Å². The molecule has 0 aliphatic heterocycles. The largest absolute Gasteiger partial charge is 0.298 e. The second kappa shape index (κ2) is 5.52. The molecule has 0 aliphatic rings. The third-order valence-electron chi connectivity index (χ3n) is 2.23. The molecule has 13 heavy (non-hydrogen) atoms. The van der Waals surface area contributed by atoms with Crippen LogP contribution in [-0.4, -0.2) is 6.29 Å². The highest BCUT2D eigenvalue weighted by Gasteiger charge is 1.98. The van der Waals surface area contributed by atoms with Gasteiger partial charge in [0.1, 0.15) is 6.29 Å². The predicted molar refractivity (Wildman–Crippen MR) is 55.1 cm³/mol. The Bertz CT molecular complexity index is 266. The molecule has 1 aromatic carbocycles. The molecule has 0 fully saturated rings. The third-order valence-corrected chi connectivity index (χ3v) is 2.23. The zero-order valence-corrected chi connectivity index (χ0v) is 8.12. The van der Waals surface area contributed by atoms with E-state index in [2.05, 4.69) is 6.92 Å². The summed E-state index contributed by atoms with van der Waals surface area (Å²) in [7, 11) is 0. The SMILES string of the molecule is CCCCCc1ccccc1C=O. The van der Waals surface area contributed by atoms with Crippen LogP contribution in [0.1, 0.15) is 42.1 Å². The van der Waals surface area contributed by atoms with Gasteiger partial charge in [-0.2, -0.15) is 0 Å². The van der Waals surface area contributed by atoms with Crippen LogP contribution in [0.3, 0.4) is 0 Å². The van der Waals surface area contributed by atoms with Crippen molar-refractivity contribution < 1.29 is 4.79 Å². The van der Waals surface area contributed by atoms with Crippen molar-refractivity contribution in [3.63, 3.8) is 0 Å². The summed E-state index contributed by atoms with van der Waals surface area (Å²) in [6.45, 7) is 2.19. The summed E-state index contributed by atoms with van der Waals surface area (Å²) in [5, 5.41) is 0. The molecule has 0 saturated carbocycles. The van der Waals surface area contributed by atoms with E-state index in [9.17, 15) is 4.79 Å². The Morgan fingerprint density at radius 1 is 1.23 bits per heavy atom. The summed E-state index contributed by atoms with van der Waals surface area (Å²) < 4.78 is 0. The van der Waals surface area contributed by atoms with Crippen LogP contribution in [0.2, 0.25) is 0 Å². The van der Waals surface area contributed by atoms with Crippen molar-refractivity contribution in [2.24, 2.45) is 0 Å². The Balaban J connectivity index is 2.59. The van der Waals surface area contributed by atoms with E-state index in [1.54, 1.807) is 0 Å². The molecule has 0 N–H and O–H groups in total. The smallest absolute Gasteiger partial charge is 0.150 e. The van der Waals surface area contributed by atoms with Crippen molar-refractivity contribution in [3.05, 3.63) is 35.4 Å². The lowest BCUT2D eigenvalue weighted by molar-refractivity contribution is 0.112. The average Bonchev–Trinajstić information content (AvgIpc) is 2.19. The van der Waals surface area contributed by atoms with Gasteiger partial charge in [0.2, 0.25) is 0 Å². The van der Waals surface area contributed by atoms with E-state index in [0.717, 1.165) is 18.3 Å². The van der Waals surface area contributed by atoms with Gasteiger partial charge in [-0.25, -0.2) is 0 Å². The standard InChI is InChI=1S/C12H16O/c1-2-3-4-7-11-8-5-6-9-12(11)10-13/h5-6,8-10H,2-4,7H2,1H3. The summed E-state index contributed by atoms with van der Waals surface area (Å²) in [5.41, 5.74) is 2.03. The first-order valence-corrected chi connectivity index (χ1v) is 4.91. The summed E-state index contributed by atoms with van der Waals surface area (Å²) in [6, 6.07) is 7.83. The molecule has 70 valence electrons. The molecular formula is C12H16O. The highest BCUT2D eigenvalue weighted by atomic mass is 16.1. The molecule has 0 aromatic heterocycles. The van der Waals surface area contributed by atoms with E-state index in [1.807, 2.05) is 24.3 Å². The number of carbonyl (C=O) groups is 1. The van der Waals surface area contributed by atoms with E-state index >= 15 is 0 Å². The summed E-state index contributed by atoms with van der Waals surface area (Å²) in [6.07, 6.45) is 5.63. The third kappa shape index (κ3) is 3.02. The van der Waals surface area contributed by atoms with Crippen LogP contribution < -0.4 is 0 Å². The molecule has 0 amide bonds. The molecule has 0 heterocycles. The van der Waals surface area contributed by atoms with Gasteiger partial charge in [-0.15, -0.1) is 0 Å². The Labute approximate surface area is 79.8 Å². The van der Waals surface area contributed by atoms with Crippen LogP contribution >= 0.6 is 0 Å². The second-order valence-corrected chi connectivity index (χ2v) is 3.27. The first-order valence-electron chi connectivity index (χ1n) is 4.91. The van der Waals surface area contributed by atoms with Gasteiger partial charge < -0.3 is 0 Å². The van der Waals surface area contributed by atoms with E-state index in [0.29, 0.717) is 0 Å². The zero-order chi connectivity index (χ0) is 9.52. The number of unbranched alkanes of at least 4 members (excludes halogenated alkanes) is 2. The number of hydrogen-bond acceptors (Lipinski definition) is 1. The number of rotatable bonds is 5. The van der Waals surface area contributed by atoms with E-state index < -0.39 is 0 Å². The molecule has 0 unspecified atom stereocenters. The van der Waals surface area contributed by atoms with Gasteiger partial charge in [0.15, 0.2) is 0 Å². The number of aldehydes is 1. The van der Waals surface area contributed by atoms with E-state index in [4.69, 9.17) is 0 Å². The van der Waals surface area contributed by atoms with Gasteiger partial charge in [0.25, 0.3) is 0 Å². The van der Waals surface area contributed by atoms with Gasteiger partial charge >= 0.3 is 0 Å². The van der Waals surface area contributed by atoms with Crippen molar-refractivity contribution in [2.75, 3.05) is 0 Å². The Hall–Kier alpha value is -1.11. The lowest BCUT2D eigenvalue weighted by Crippen LogP contribution is -1.92. The maximum atomic E-state index is 10.7. The minimum atomic E-state index is 0.846. The molecular weight excluding hydrogens is 160 g/mol. The zero-order valence-electron chi connectivity index (χ0n) is 8.12. The normalized spacial score (nSPS) is 9.92. The minimum absolute atomic E-state index is 0.846. The quantitative estimate of drug-likeness (QED) is 0.497.